The minimum absolute atomic E-state index is 0.0466. The molecule has 29 heavy (non-hydrogen) atoms. The van der Waals surface area contributed by atoms with Crippen molar-refractivity contribution in [3.05, 3.63) is 75.6 Å². The predicted molar refractivity (Wildman–Crippen MR) is 108 cm³/mol. The van der Waals surface area contributed by atoms with Crippen LogP contribution in [-0.2, 0) is 0 Å². The highest BCUT2D eigenvalue weighted by molar-refractivity contribution is 6.30. The van der Waals surface area contributed by atoms with E-state index in [0.717, 1.165) is 6.33 Å². The molecule has 0 saturated heterocycles. The van der Waals surface area contributed by atoms with Gasteiger partial charge in [0.1, 0.15) is 12.1 Å². The molecule has 1 heterocycles. The second kappa shape index (κ2) is 8.85. The van der Waals surface area contributed by atoms with E-state index in [4.69, 9.17) is 16.3 Å². The summed E-state index contributed by atoms with van der Waals surface area (Å²) in [6.45, 7) is 0. The molecule has 0 atom stereocenters. The molecule has 10 nitrogen and oxygen atoms in total. The topological polar surface area (TPSA) is 131 Å². The average Bonchev–Trinajstić information content (AvgIpc) is 2.72. The third-order valence-electron chi connectivity index (χ3n) is 3.74. The number of hydrogen-bond acceptors (Lipinski definition) is 8. The van der Waals surface area contributed by atoms with Gasteiger partial charge in [0.2, 0.25) is 11.6 Å². The molecule has 0 fully saturated rings. The fraction of sp³-hybridized carbons (Fsp3) is 0.0556. The van der Waals surface area contributed by atoms with Crippen molar-refractivity contribution in [1.29, 1.82) is 0 Å². The maximum absolute atomic E-state index is 12.2. The minimum atomic E-state index is -0.653. The molecule has 0 bridgehead atoms. The molecule has 2 aromatic carbocycles. The SMILES string of the molecule is COc1ccc(Nc2ncnc(NNC(=O)c3cccc(Cl)c3)c2[N+](=O)[O-])cc1. The van der Waals surface area contributed by atoms with Crippen molar-refractivity contribution in [2.45, 2.75) is 0 Å². The number of methoxy groups -OCH3 is 1. The fourth-order valence-corrected chi connectivity index (χ4v) is 2.55. The van der Waals surface area contributed by atoms with E-state index >= 15 is 0 Å². The number of nitro groups is 1. The van der Waals surface area contributed by atoms with Crippen molar-refractivity contribution < 1.29 is 14.5 Å². The lowest BCUT2D eigenvalue weighted by Crippen LogP contribution is -2.30. The number of benzene rings is 2. The van der Waals surface area contributed by atoms with E-state index in [9.17, 15) is 14.9 Å². The number of carbonyl (C=O) groups excluding carboxylic acids is 1. The van der Waals surface area contributed by atoms with Crippen LogP contribution in [0.2, 0.25) is 5.02 Å². The molecule has 0 radical (unpaired) electrons. The van der Waals surface area contributed by atoms with Crippen LogP contribution in [0.5, 0.6) is 5.75 Å². The summed E-state index contributed by atoms with van der Waals surface area (Å²) >= 11 is 5.86. The Kier molecular flexibility index (Phi) is 6.05. The molecular formula is C18H15ClN6O4. The van der Waals surface area contributed by atoms with Crippen LogP contribution in [0, 0.1) is 10.1 Å². The largest absolute Gasteiger partial charge is 0.497 e. The second-order valence-electron chi connectivity index (χ2n) is 5.62. The molecule has 0 aliphatic rings. The number of amides is 1. The first-order valence-electron chi connectivity index (χ1n) is 8.20. The molecule has 3 aromatic rings. The van der Waals surface area contributed by atoms with E-state index in [1.807, 2.05) is 0 Å². The van der Waals surface area contributed by atoms with Crippen LogP contribution < -0.4 is 20.9 Å². The number of rotatable bonds is 7. The van der Waals surface area contributed by atoms with E-state index in [1.54, 1.807) is 42.5 Å². The normalized spacial score (nSPS) is 10.1. The quantitative estimate of drug-likeness (QED) is 0.395. The van der Waals surface area contributed by atoms with E-state index in [1.165, 1.54) is 13.2 Å². The van der Waals surface area contributed by atoms with Crippen molar-refractivity contribution in [1.82, 2.24) is 15.4 Å². The zero-order valence-corrected chi connectivity index (χ0v) is 15.8. The number of aromatic nitrogens is 2. The number of nitrogens with zero attached hydrogens (tertiary/aromatic N) is 3. The summed E-state index contributed by atoms with van der Waals surface area (Å²) in [6, 6.07) is 13.0. The monoisotopic (exact) mass is 414 g/mol. The Hall–Kier alpha value is -3.92. The number of carbonyl (C=O) groups is 1. The van der Waals surface area contributed by atoms with Gasteiger partial charge in [0.15, 0.2) is 0 Å². The molecule has 0 unspecified atom stereocenters. The molecular weight excluding hydrogens is 400 g/mol. The number of nitrogens with one attached hydrogen (secondary N) is 3. The lowest BCUT2D eigenvalue weighted by Gasteiger charge is -2.11. The number of halogens is 1. The van der Waals surface area contributed by atoms with Gasteiger partial charge in [-0.25, -0.2) is 9.97 Å². The smallest absolute Gasteiger partial charge is 0.355 e. The number of hydrogen-bond donors (Lipinski definition) is 3. The third kappa shape index (κ3) is 4.87. The van der Waals surface area contributed by atoms with Gasteiger partial charge >= 0.3 is 5.69 Å². The first-order chi connectivity index (χ1) is 14.0. The zero-order chi connectivity index (χ0) is 20.8. The van der Waals surface area contributed by atoms with Crippen molar-refractivity contribution in [2.75, 3.05) is 17.9 Å². The molecule has 0 saturated carbocycles. The molecule has 0 aliphatic carbocycles. The molecule has 1 amide bonds. The molecule has 3 rings (SSSR count). The summed E-state index contributed by atoms with van der Waals surface area (Å²) in [5.41, 5.74) is 5.22. The zero-order valence-electron chi connectivity index (χ0n) is 15.0. The summed E-state index contributed by atoms with van der Waals surface area (Å²) in [6.07, 6.45) is 1.13. The van der Waals surface area contributed by atoms with E-state index in [-0.39, 0.29) is 17.2 Å². The summed E-state index contributed by atoms with van der Waals surface area (Å²) in [4.78, 5) is 30.9. The van der Waals surface area contributed by atoms with Crippen molar-refractivity contribution in [3.63, 3.8) is 0 Å². The van der Waals surface area contributed by atoms with Crippen LogP contribution in [-0.4, -0.2) is 27.9 Å². The number of anilines is 3. The van der Waals surface area contributed by atoms with Crippen LogP contribution in [0.25, 0.3) is 0 Å². The Bertz CT molecular complexity index is 1040. The maximum atomic E-state index is 12.2. The van der Waals surface area contributed by atoms with Crippen molar-refractivity contribution >= 4 is 40.5 Å². The van der Waals surface area contributed by atoms with E-state index < -0.39 is 16.5 Å². The standard InChI is InChI=1S/C18H15ClN6O4/c1-29-14-7-5-13(6-8-14)22-16-15(25(27)28)17(21-10-20-16)23-24-18(26)11-3-2-4-12(19)9-11/h2-10H,1H3,(H,24,26)(H2,20,21,22,23). The molecule has 3 N–H and O–H groups in total. The molecule has 1 aromatic heterocycles. The van der Waals surface area contributed by atoms with Gasteiger partial charge in [-0.2, -0.15) is 0 Å². The van der Waals surface area contributed by atoms with Crippen LogP contribution in [0.4, 0.5) is 23.0 Å². The number of ether oxygens (including phenoxy) is 1. The van der Waals surface area contributed by atoms with Crippen LogP contribution in [0.1, 0.15) is 10.4 Å². The summed E-state index contributed by atoms with van der Waals surface area (Å²) in [5.74, 6) is -0.130. The Balaban J connectivity index is 1.80. The van der Waals surface area contributed by atoms with Gasteiger partial charge in [0, 0.05) is 16.3 Å². The van der Waals surface area contributed by atoms with Gasteiger partial charge in [0.05, 0.1) is 12.0 Å². The van der Waals surface area contributed by atoms with Crippen molar-refractivity contribution in [2.24, 2.45) is 0 Å². The van der Waals surface area contributed by atoms with Crippen LogP contribution >= 0.6 is 11.6 Å². The molecule has 0 aliphatic heterocycles. The van der Waals surface area contributed by atoms with Crippen LogP contribution in [0.3, 0.4) is 0 Å². The Morgan fingerprint density at radius 1 is 1.14 bits per heavy atom. The summed E-state index contributed by atoms with van der Waals surface area (Å²) in [5, 5.41) is 14.8. The average molecular weight is 415 g/mol. The van der Waals surface area contributed by atoms with E-state index in [2.05, 4.69) is 26.1 Å². The Morgan fingerprint density at radius 2 is 1.86 bits per heavy atom. The lowest BCUT2D eigenvalue weighted by molar-refractivity contribution is -0.383. The minimum Gasteiger partial charge on any atom is -0.497 e. The molecule has 148 valence electrons. The van der Waals surface area contributed by atoms with Gasteiger partial charge in [0.25, 0.3) is 5.91 Å². The van der Waals surface area contributed by atoms with Gasteiger partial charge < -0.3 is 10.1 Å². The van der Waals surface area contributed by atoms with Gasteiger partial charge in [-0.05, 0) is 42.5 Å². The highest BCUT2D eigenvalue weighted by Crippen LogP contribution is 2.31. The third-order valence-corrected chi connectivity index (χ3v) is 3.97. The Morgan fingerprint density at radius 3 is 2.52 bits per heavy atom. The van der Waals surface area contributed by atoms with Crippen molar-refractivity contribution in [3.8, 4) is 5.75 Å². The Labute approximate surface area is 170 Å². The molecule has 11 heteroatoms. The highest BCUT2D eigenvalue weighted by atomic mass is 35.5. The lowest BCUT2D eigenvalue weighted by atomic mass is 10.2. The van der Waals surface area contributed by atoms with Crippen LogP contribution in [0.15, 0.2) is 54.9 Å². The first-order valence-corrected chi connectivity index (χ1v) is 8.58. The fourth-order valence-electron chi connectivity index (χ4n) is 2.36. The highest BCUT2D eigenvalue weighted by Gasteiger charge is 2.23. The second-order valence-corrected chi connectivity index (χ2v) is 6.06. The maximum Gasteiger partial charge on any atom is 0.355 e. The van der Waals surface area contributed by atoms with Gasteiger partial charge in [-0.3, -0.25) is 25.8 Å². The van der Waals surface area contributed by atoms with Gasteiger partial charge in [-0.1, -0.05) is 17.7 Å². The summed E-state index contributed by atoms with van der Waals surface area (Å²) in [7, 11) is 1.54. The molecule has 0 spiro atoms. The summed E-state index contributed by atoms with van der Waals surface area (Å²) < 4.78 is 5.08. The number of hydrazine groups is 1. The predicted octanol–water partition coefficient (Wildman–Crippen LogP) is 3.55. The van der Waals surface area contributed by atoms with E-state index in [0.29, 0.717) is 16.5 Å². The van der Waals surface area contributed by atoms with Gasteiger partial charge in [-0.15, -0.1) is 0 Å². The first kappa shape index (κ1) is 19.8.